The van der Waals surface area contributed by atoms with Crippen molar-refractivity contribution in [2.45, 2.75) is 20.4 Å². The van der Waals surface area contributed by atoms with E-state index in [0.29, 0.717) is 0 Å². The molecule has 1 aliphatic heterocycles. The van der Waals surface area contributed by atoms with Gasteiger partial charge >= 0.3 is 0 Å². The van der Waals surface area contributed by atoms with E-state index in [1.165, 1.54) is 6.54 Å². The highest BCUT2D eigenvalue weighted by molar-refractivity contribution is 5.30. The van der Waals surface area contributed by atoms with Crippen molar-refractivity contribution >= 4 is 5.95 Å². The molecule has 1 fully saturated rings. The minimum absolute atomic E-state index is 0.739. The van der Waals surface area contributed by atoms with Gasteiger partial charge in [0.1, 0.15) is 0 Å². The molecule has 0 aromatic carbocycles. The van der Waals surface area contributed by atoms with Gasteiger partial charge in [-0.05, 0) is 13.0 Å². The molecule has 0 amide bonds. The largest absolute Gasteiger partial charge is 0.338 e. The Labute approximate surface area is 116 Å². The van der Waals surface area contributed by atoms with Gasteiger partial charge in [-0.2, -0.15) is 0 Å². The monoisotopic (exact) mass is 263 g/mol. The summed E-state index contributed by atoms with van der Waals surface area (Å²) < 4.78 is 0. The van der Waals surface area contributed by atoms with Crippen LogP contribution >= 0.6 is 0 Å². The Bertz CT molecular complexity index is 368. The first-order valence-corrected chi connectivity index (χ1v) is 7.12. The molecule has 0 radical (unpaired) electrons. The number of hydrogen-bond acceptors (Lipinski definition) is 5. The molecule has 0 bridgehead atoms. The molecule has 5 nitrogen and oxygen atoms in total. The predicted octanol–water partition coefficient (Wildman–Crippen LogP) is 0.974. The minimum Gasteiger partial charge on any atom is -0.338 e. The highest BCUT2D eigenvalue weighted by Gasteiger charge is 2.19. The van der Waals surface area contributed by atoms with Crippen molar-refractivity contribution in [3.8, 4) is 0 Å². The average molecular weight is 263 g/mol. The average Bonchev–Trinajstić information content (AvgIpc) is 2.40. The maximum Gasteiger partial charge on any atom is 0.225 e. The van der Waals surface area contributed by atoms with Crippen LogP contribution in [0.15, 0.2) is 12.4 Å². The summed E-state index contributed by atoms with van der Waals surface area (Å²) in [7, 11) is 1.93. The zero-order valence-corrected chi connectivity index (χ0v) is 12.3. The molecule has 1 aromatic heterocycles. The second kappa shape index (κ2) is 6.82. The number of nitrogens with zero attached hydrogens (tertiary/aromatic N) is 4. The van der Waals surface area contributed by atoms with Crippen molar-refractivity contribution in [1.82, 2.24) is 20.2 Å². The third-order valence-corrected chi connectivity index (χ3v) is 3.35. The summed E-state index contributed by atoms with van der Waals surface area (Å²) in [6, 6.07) is 0. The Kier molecular flexibility index (Phi) is 5.10. The van der Waals surface area contributed by atoms with E-state index < -0.39 is 0 Å². The molecule has 1 aromatic rings. The summed E-state index contributed by atoms with van der Waals surface area (Å²) in [6.45, 7) is 10.8. The molecule has 106 valence electrons. The molecule has 1 saturated heterocycles. The summed E-state index contributed by atoms with van der Waals surface area (Å²) in [4.78, 5) is 13.7. The summed E-state index contributed by atoms with van der Waals surface area (Å²) in [5, 5.41) is 3.11. The van der Waals surface area contributed by atoms with Crippen LogP contribution in [-0.4, -0.2) is 54.6 Å². The third kappa shape index (κ3) is 4.14. The fourth-order valence-electron chi connectivity index (χ4n) is 2.45. The zero-order valence-electron chi connectivity index (χ0n) is 12.3. The van der Waals surface area contributed by atoms with Crippen molar-refractivity contribution < 1.29 is 0 Å². The number of hydrogen-bond donors (Lipinski definition) is 1. The number of nitrogens with one attached hydrogen (secondary N) is 1. The zero-order chi connectivity index (χ0) is 13.7. The highest BCUT2D eigenvalue weighted by Crippen LogP contribution is 2.11. The van der Waals surface area contributed by atoms with Gasteiger partial charge in [0.05, 0.1) is 0 Å². The Morgan fingerprint density at radius 2 is 1.79 bits per heavy atom. The fraction of sp³-hybridized carbons (Fsp3) is 0.714. The number of piperazine rings is 1. The van der Waals surface area contributed by atoms with Gasteiger partial charge in [0.15, 0.2) is 0 Å². The normalized spacial score (nSPS) is 17.2. The summed E-state index contributed by atoms with van der Waals surface area (Å²) in [5.74, 6) is 1.60. The second-order valence-corrected chi connectivity index (χ2v) is 5.60. The summed E-state index contributed by atoms with van der Waals surface area (Å²) in [5.41, 5.74) is 1.13. The molecule has 19 heavy (non-hydrogen) atoms. The van der Waals surface area contributed by atoms with Gasteiger partial charge in [-0.3, -0.25) is 4.90 Å². The number of anilines is 1. The van der Waals surface area contributed by atoms with E-state index in [1.54, 1.807) is 0 Å². The van der Waals surface area contributed by atoms with Crippen LogP contribution in [0.2, 0.25) is 0 Å². The van der Waals surface area contributed by atoms with Gasteiger partial charge in [-0.15, -0.1) is 0 Å². The molecular formula is C14H25N5. The third-order valence-electron chi connectivity index (χ3n) is 3.35. The van der Waals surface area contributed by atoms with Crippen molar-refractivity contribution in [2.24, 2.45) is 5.92 Å². The van der Waals surface area contributed by atoms with E-state index in [4.69, 9.17) is 0 Å². The first kappa shape index (κ1) is 14.2. The van der Waals surface area contributed by atoms with Crippen molar-refractivity contribution in [3.63, 3.8) is 0 Å². The molecular weight excluding hydrogens is 238 g/mol. The molecule has 0 atom stereocenters. The molecule has 5 heteroatoms. The maximum absolute atomic E-state index is 4.46. The van der Waals surface area contributed by atoms with Crippen LogP contribution in [0.3, 0.4) is 0 Å². The van der Waals surface area contributed by atoms with E-state index in [1.807, 2.05) is 19.4 Å². The lowest BCUT2D eigenvalue weighted by Crippen LogP contribution is -2.48. The molecule has 0 saturated carbocycles. The van der Waals surface area contributed by atoms with Crippen molar-refractivity contribution in [3.05, 3.63) is 18.0 Å². The van der Waals surface area contributed by atoms with E-state index in [2.05, 4.69) is 38.9 Å². The van der Waals surface area contributed by atoms with Crippen molar-refractivity contribution in [2.75, 3.05) is 44.7 Å². The first-order chi connectivity index (χ1) is 9.19. The van der Waals surface area contributed by atoms with E-state index in [-0.39, 0.29) is 0 Å². The number of rotatable bonds is 5. The first-order valence-electron chi connectivity index (χ1n) is 7.12. The minimum atomic E-state index is 0.739. The van der Waals surface area contributed by atoms with E-state index in [9.17, 15) is 0 Å². The molecule has 1 aliphatic rings. The Hall–Kier alpha value is -1.20. The van der Waals surface area contributed by atoms with Crippen LogP contribution in [0, 0.1) is 5.92 Å². The topological polar surface area (TPSA) is 44.3 Å². The van der Waals surface area contributed by atoms with Gasteiger partial charge in [0.25, 0.3) is 0 Å². The Balaban J connectivity index is 1.87. The number of aromatic nitrogens is 2. The van der Waals surface area contributed by atoms with Gasteiger partial charge in [0, 0.05) is 57.2 Å². The molecule has 2 rings (SSSR count). The Morgan fingerprint density at radius 1 is 1.16 bits per heavy atom. The lowest BCUT2D eigenvalue weighted by Gasteiger charge is -2.35. The molecule has 0 aliphatic carbocycles. The van der Waals surface area contributed by atoms with Crippen LogP contribution in [0.5, 0.6) is 0 Å². The summed E-state index contributed by atoms with van der Waals surface area (Å²) in [6.07, 6.45) is 3.83. The van der Waals surface area contributed by atoms with Crippen LogP contribution in [0.4, 0.5) is 5.95 Å². The highest BCUT2D eigenvalue weighted by atomic mass is 15.3. The lowest BCUT2D eigenvalue weighted by molar-refractivity contribution is 0.230. The second-order valence-electron chi connectivity index (χ2n) is 5.60. The maximum atomic E-state index is 4.46. The smallest absolute Gasteiger partial charge is 0.225 e. The van der Waals surface area contributed by atoms with Crippen LogP contribution in [0.1, 0.15) is 19.4 Å². The SMILES string of the molecule is CNCc1cnc(N2CCN(CC(C)C)CC2)nc1. The van der Waals surface area contributed by atoms with E-state index >= 15 is 0 Å². The Morgan fingerprint density at radius 3 is 2.32 bits per heavy atom. The van der Waals surface area contributed by atoms with Gasteiger partial charge in [0.2, 0.25) is 5.95 Å². The lowest BCUT2D eigenvalue weighted by atomic mass is 10.2. The molecule has 2 heterocycles. The van der Waals surface area contributed by atoms with Crippen LogP contribution < -0.4 is 10.2 Å². The molecule has 1 N–H and O–H groups in total. The van der Waals surface area contributed by atoms with Crippen molar-refractivity contribution in [1.29, 1.82) is 0 Å². The van der Waals surface area contributed by atoms with Gasteiger partial charge in [-0.25, -0.2) is 9.97 Å². The van der Waals surface area contributed by atoms with E-state index in [0.717, 1.165) is 50.2 Å². The molecule has 0 unspecified atom stereocenters. The summed E-state index contributed by atoms with van der Waals surface area (Å²) >= 11 is 0. The van der Waals surface area contributed by atoms with Crippen LogP contribution in [0.25, 0.3) is 0 Å². The van der Waals surface area contributed by atoms with Crippen LogP contribution in [-0.2, 0) is 6.54 Å². The molecule has 0 spiro atoms. The quantitative estimate of drug-likeness (QED) is 0.858. The predicted molar refractivity (Wildman–Crippen MR) is 78.3 cm³/mol. The standard InChI is InChI=1S/C14H25N5/c1-12(2)11-18-4-6-19(7-5-18)14-16-9-13(8-15-3)10-17-14/h9-10,12,15H,4-8,11H2,1-3H3. The fourth-order valence-corrected chi connectivity index (χ4v) is 2.45. The van der Waals surface area contributed by atoms with Gasteiger partial charge < -0.3 is 10.2 Å². The van der Waals surface area contributed by atoms with Gasteiger partial charge in [-0.1, -0.05) is 13.8 Å².